The lowest BCUT2D eigenvalue weighted by atomic mass is 10.1. The van der Waals surface area contributed by atoms with Crippen molar-refractivity contribution < 1.29 is 22.7 Å². The standard InChI is InChI=1S/C27H23N3O5S/c28-27(32)21-17-15-20(16-18-21)19-26(31)30(22-9-3-1-4-10-22)36(33,34)29-24-13-7-8-14-25(24)35-23-11-5-2-6-12-23/h1-18,29H,19H2,(H2,28,32). The minimum atomic E-state index is -4.40. The average Bonchev–Trinajstić information content (AvgIpc) is 2.86. The van der Waals surface area contributed by atoms with E-state index >= 15 is 0 Å². The molecule has 4 rings (SSSR count). The molecule has 0 saturated heterocycles. The average molecular weight is 502 g/mol. The molecule has 0 aromatic heterocycles. The number of nitrogens with one attached hydrogen (secondary N) is 1. The van der Waals surface area contributed by atoms with Gasteiger partial charge in [-0.15, -0.1) is 0 Å². The summed E-state index contributed by atoms with van der Waals surface area (Å²) in [5.41, 5.74) is 6.42. The van der Waals surface area contributed by atoms with Gasteiger partial charge in [0.25, 0.3) is 0 Å². The summed E-state index contributed by atoms with van der Waals surface area (Å²) in [6.45, 7) is 0. The molecule has 4 aromatic carbocycles. The molecule has 0 aliphatic rings. The molecule has 0 heterocycles. The monoisotopic (exact) mass is 501 g/mol. The van der Waals surface area contributed by atoms with Gasteiger partial charge in [0.15, 0.2) is 5.75 Å². The molecule has 2 amide bonds. The smallest absolute Gasteiger partial charge is 0.330 e. The highest BCUT2D eigenvalue weighted by Gasteiger charge is 2.30. The Bertz CT molecular complexity index is 1460. The van der Waals surface area contributed by atoms with Gasteiger partial charge in [0.05, 0.1) is 17.8 Å². The second-order valence-corrected chi connectivity index (χ2v) is 9.27. The quantitative estimate of drug-likeness (QED) is 0.350. The van der Waals surface area contributed by atoms with E-state index in [0.717, 1.165) is 0 Å². The summed E-state index contributed by atoms with van der Waals surface area (Å²) >= 11 is 0. The molecule has 0 unspecified atom stereocenters. The summed E-state index contributed by atoms with van der Waals surface area (Å²) in [5.74, 6) is -0.488. The molecule has 8 nitrogen and oxygen atoms in total. The zero-order chi connectivity index (χ0) is 25.5. The van der Waals surface area contributed by atoms with E-state index in [4.69, 9.17) is 10.5 Å². The number of anilines is 2. The minimum Gasteiger partial charge on any atom is -0.455 e. The van der Waals surface area contributed by atoms with Crippen LogP contribution in [0.3, 0.4) is 0 Å². The molecule has 4 aromatic rings. The first-order valence-corrected chi connectivity index (χ1v) is 12.4. The van der Waals surface area contributed by atoms with Crippen molar-refractivity contribution in [1.82, 2.24) is 0 Å². The fourth-order valence-electron chi connectivity index (χ4n) is 3.45. The van der Waals surface area contributed by atoms with Gasteiger partial charge in [0.1, 0.15) is 5.75 Å². The number of nitrogens with two attached hydrogens (primary N) is 1. The highest BCUT2D eigenvalue weighted by molar-refractivity contribution is 7.94. The second-order valence-electron chi connectivity index (χ2n) is 7.75. The van der Waals surface area contributed by atoms with E-state index in [9.17, 15) is 18.0 Å². The van der Waals surface area contributed by atoms with Crippen LogP contribution in [0.25, 0.3) is 0 Å². The molecule has 9 heteroatoms. The van der Waals surface area contributed by atoms with E-state index < -0.39 is 22.0 Å². The summed E-state index contributed by atoms with van der Waals surface area (Å²) in [7, 11) is -4.40. The summed E-state index contributed by atoms with van der Waals surface area (Å²) in [4.78, 5) is 24.7. The van der Waals surface area contributed by atoms with Gasteiger partial charge in [-0.2, -0.15) is 12.7 Å². The van der Waals surface area contributed by atoms with E-state index in [1.165, 1.54) is 24.3 Å². The molecule has 0 aliphatic carbocycles. The summed E-state index contributed by atoms with van der Waals surface area (Å²) in [6.07, 6.45) is -0.225. The predicted molar refractivity (Wildman–Crippen MR) is 138 cm³/mol. The largest absolute Gasteiger partial charge is 0.455 e. The lowest BCUT2D eigenvalue weighted by Gasteiger charge is -2.24. The van der Waals surface area contributed by atoms with Crippen molar-refractivity contribution in [3.63, 3.8) is 0 Å². The maximum Gasteiger partial charge on any atom is 0.330 e. The summed E-state index contributed by atoms with van der Waals surface area (Å²) in [6, 6.07) is 29.6. The number of benzene rings is 4. The van der Waals surface area contributed by atoms with Gasteiger partial charge in [0.2, 0.25) is 11.8 Å². The van der Waals surface area contributed by atoms with E-state index in [1.807, 2.05) is 6.07 Å². The third kappa shape index (κ3) is 5.89. The highest BCUT2D eigenvalue weighted by Crippen LogP contribution is 2.31. The van der Waals surface area contributed by atoms with Gasteiger partial charge in [-0.1, -0.05) is 60.7 Å². The Morgan fingerprint density at radius 1 is 0.778 bits per heavy atom. The summed E-state index contributed by atoms with van der Waals surface area (Å²) < 4.78 is 36.2. The van der Waals surface area contributed by atoms with Crippen molar-refractivity contribution in [3.8, 4) is 11.5 Å². The molecule has 3 N–H and O–H groups in total. The fourth-order valence-corrected chi connectivity index (χ4v) is 4.72. The van der Waals surface area contributed by atoms with Crippen LogP contribution in [-0.4, -0.2) is 20.2 Å². The van der Waals surface area contributed by atoms with E-state index in [1.54, 1.807) is 78.9 Å². The van der Waals surface area contributed by atoms with Crippen LogP contribution < -0.4 is 19.5 Å². The van der Waals surface area contributed by atoms with Crippen LogP contribution in [0.2, 0.25) is 0 Å². The molecule has 0 saturated carbocycles. The Kier molecular flexibility index (Phi) is 7.31. The van der Waals surface area contributed by atoms with Crippen LogP contribution in [0.5, 0.6) is 11.5 Å². The Labute approximate surface area is 209 Å². The molecule has 0 bridgehead atoms. The number of ether oxygens (including phenoxy) is 1. The van der Waals surface area contributed by atoms with Gasteiger partial charge in [0, 0.05) is 5.56 Å². The molecule has 0 spiro atoms. The van der Waals surface area contributed by atoms with Gasteiger partial charge in [-0.05, 0) is 54.1 Å². The van der Waals surface area contributed by atoms with Gasteiger partial charge in [-0.25, -0.2) is 0 Å². The number of carbonyl (C=O) groups excluding carboxylic acids is 2. The molecule has 36 heavy (non-hydrogen) atoms. The lowest BCUT2D eigenvalue weighted by Crippen LogP contribution is -2.41. The van der Waals surface area contributed by atoms with Gasteiger partial charge in [-0.3, -0.25) is 14.3 Å². The van der Waals surface area contributed by atoms with Crippen molar-refractivity contribution in [3.05, 3.63) is 120 Å². The van der Waals surface area contributed by atoms with E-state index in [2.05, 4.69) is 4.72 Å². The Balaban J connectivity index is 1.64. The van der Waals surface area contributed by atoms with Crippen molar-refractivity contribution in [2.24, 2.45) is 5.73 Å². The summed E-state index contributed by atoms with van der Waals surface area (Å²) in [5, 5.41) is 0. The van der Waals surface area contributed by atoms with Gasteiger partial charge >= 0.3 is 10.2 Å². The number of amides is 2. The number of primary amides is 1. The van der Waals surface area contributed by atoms with Crippen molar-refractivity contribution >= 4 is 33.4 Å². The number of hydrogen-bond donors (Lipinski definition) is 2. The van der Waals surface area contributed by atoms with Crippen LogP contribution in [0.4, 0.5) is 11.4 Å². The maximum absolute atomic E-state index is 13.6. The van der Waals surface area contributed by atoms with E-state index in [0.29, 0.717) is 15.6 Å². The zero-order valence-corrected chi connectivity index (χ0v) is 19.9. The Hall–Kier alpha value is -4.63. The molecule has 0 aliphatic heterocycles. The molecule has 0 radical (unpaired) electrons. The Morgan fingerprint density at radius 2 is 1.36 bits per heavy atom. The third-order valence-corrected chi connectivity index (χ3v) is 6.52. The zero-order valence-electron chi connectivity index (χ0n) is 19.1. The molecular weight excluding hydrogens is 478 g/mol. The molecule has 0 fully saturated rings. The maximum atomic E-state index is 13.6. The molecule has 182 valence electrons. The number of nitrogens with zero attached hydrogens (tertiary/aromatic N) is 1. The van der Waals surface area contributed by atoms with Crippen molar-refractivity contribution in [2.75, 3.05) is 9.03 Å². The topological polar surface area (TPSA) is 119 Å². The third-order valence-electron chi connectivity index (χ3n) is 5.15. The number of carbonyl (C=O) groups is 2. The lowest BCUT2D eigenvalue weighted by molar-refractivity contribution is -0.116. The van der Waals surface area contributed by atoms with Crippen LogP contribution in [-0.2, 0) is 21.4 Å². The fraction of sp³-hybridized carbons (Fsp3) is 0.0370. The number of para-hydroxylation sites is 4. The first-order valence-electron chi connectivity index (χ1n) is 10.9. The first kappa shape index (κ1) is 24.5. The Morgan fingerprint density at radius 3 is 2.00 bits per heavy atom. The highest BCUT2D eigenvalue weighted by atomic mass is 32.2. The van der Waals surface area contributed by atoms with Crippen LogP contribution >= 0.6 is 0 Å². The minimum absolute atomic E-state index is 0.167. The van der Waals surface area contributed by atoms with Crippen LogP contribution in [0.15, 0.2) is 109 Å². The van der Waals surface area contributed by atoms with Crippen molar-refractivity contribution in [2.45, 2.75) is 6.42 Å². The molecule has 0 atom stereocenters. The van der Waals surface area contributed by atoms with Crippen LogP contribution in [0, 0.1) is 0 Å². The predicted octanol–water partition coefficient (Wildman–Crippen LogP) is 4.51. The SMILES string of the molecule is NC(=O)c1ccc(CC(=O)N(c2ccccc2)S(=O)(=O)Nc2ccccc2Oc2ccccc2)cc1. The molecular formula is C27H23N3O5S. The number of hydrogen-bond acceptors (Lipinski definition) is 5. The first-order chi connectivity index (χ1) is 17.3. The van der Waals surface area contributed by atoms with Crippen molar-refractivity contribution in [1.29, 1.82) is 0 Å². The van der Waals surface area contributed by atoms with Gasteiger partial charge < -0.3 is 10.5 Å². The van der Waals surface area contributed by atoms with Crippen LogP contribution in [0.1, 0.15) is 15.9 Å². The van der Waals surface area contributed by atoms with E-state index in [-0.39, 0.29) is 29.1 Å². The number of rotatable bonds is 9. The normalized spacial score (nSPS) is 10.9. The second kappa shape index (κ2) is 10.7.